The Morgan fingerprint density at radius 3 is 2.79 bits per heavy atom. The Morgan fingerprint density at radius 2 is 2.04 bits per heavy atom. The minimum Gasteiger partial charge on any atom is -0.465 e. The Bertz CT molecular complexity index is 690. The van der Waals surface area contributed by atoms with Crippen LogP contribution in [0.25, 0.3) is 0 Å². The van der Waals surface area contributed by atoms with Gasteiger partial charge in [-0.25, -0.2) is 0 Å². The van der Waals surface area contributed by atoms with E-state index in [1.807, 2.05) is 30.3 Å². The van der Waals surface area contributed by atoms with Gasteiger partial charge in [0.1, 0.15) is 6.61 Å². The van der Waals surface area contributed by atoms with Crippen LogP contribution in [0.2, 0.25) is 0 Å². The maximum absolute atomic E-state index is 12.3. The van der Waals surface area contributed by atoms with Crippen molar-refractivity contribution in [3.63, 3.8) is 0 Å². The van der Waals surface area contributed by atoms with Crippen LogP contribution in [0.1, 0.15) is 25.3 Å². The summed E-state index contributed by atoms with van der Waals surface area (Å²) in [4.78, 5) is 12.3. The molecule has 6 fully saturated rings. The number of benzene rings is 1. The molecule has 3 saturated heterocycles. The minimum absolute atomic E-state index is 0.196. The van der Waals surface area contributed by atoms with Crippen molar-refractivity contribution in [3.05, 3.63) is 35.9 Å². The number of hydrogen-bond acceptors (Lipinski definition) is 5. The predicted molar refractivity (Wildman–Crippen MR) is 83.9 cm³/mol. The molecule has 5 nitrogen and oxygen atoms in total. The van der Waals surface area contributed by atoms with Gasteiger partial charge >= 0.3 is 5.97 Å². The van der Waals surface area contributed by atoms with Gasteiger partial charge < -0.3 is 18.9 Å². The molecule has 6 unspecified atom stereocenters. The summed E-state index contributed by atoms with van der Waals surface area (Å²) >= 11 is 0. The van der Waals surface area contributed by atoms with Gasteiger partial charge in [-0.05, 0) is 18.9 Å². The Balaban J connectivity index is 1.33. The highest BCUT2D eigenvalue weighted by molar-refractivity contribution is 5.72. The lowest BCUT2D eigenvalue weighted by molar-refractivity contribution is -0.364. The summed E-state index contributed by atoms with van der Waals surface area (Å²) in [5, 5.41) is 0. The average molecular weight is 330 g/mol. The van der Waals surface area contributed by atoms with Crippen LogP contribution in [0.4, 0.5) is 0 Å². The molecule has 3 saturated carbocycles. The molecule has 1 aromatic rings. The van der Waals surface area contributed by atoms with Gasteiger partial charge in [0.25, 0.3) is 0 Å². The molecule has 1 aromatic carbocycles. The lowest BCUT2D eigenvalue weighted by Crippen LogP contribution is -2.67. The number of rotatable bonds is 5. The molecule has 3 aliphatic heterocycles. The Labute approximate surface area is 141 Å². The van der Waals surface area contributed by atoms with Crippen LogP contribution in [0.5, 0.6) is 0 Å². The number of methoxy groups -OCH3 is 1. The monoisotopic (exact) mass is 330 g/mol. The van der Waals surface area contributed by atoms with E-state index in [0.29, 0.717) is 18.9 Å². The second-order valence-electron chi connectivity index (χ2n) is 7.85. The first-order valence-electron chi connectivity index (χ1n) is 8.63. The zero-order valence-corrected chi connectivity index (χ0v) is 14.0. The Morgan fingerprint density at radius 1 is 1.25 bits per heavy atom. The highest BCUT2D eigenvalue weighted by Gasteiger charge is 2.87. The van der Waals surface area contributed by atoms with Crippen LogP contribution < -0.4 is 0 Å². The quantitative estimate of drug-likeness (QED) is 0.775. The maximum atomic E-state index is 12.3. The summed E-state index contributed by atoms with van der Waals surface area (Å²) in [6.45, 7) is 2.50. The van der Waals surface area contributed by atoms with E-state index < -0.39 is 5.79 Å². The van der Waals surface area contributed by atoms with E-state index in [1.165, 1.54) is 0 Å². The van der Waals surface area contributed by atoms with E-state index in [-0.39, 0.29) is 29.2 Å². The fourth-order valence-corrected chi connectivity index (χ4v) is 5.70. The van der Waals surface area contributed by atoms with Gasteiger partial charge in [-0.2, -0.15) is 0 Å². The van der Waals surface area contributed by atoms with E-state index in [0.717, 1.165) is 18.4 Å². The molecule has 3 aliphatic carbocycles. The summed E-state index contributed by atoms with van der Waals surface area (Å²) in [5.74, 6) is -0.114. The number of esters is 1. The number of hydrogen-bond donors (Lipinski definition) is 0. The molecule has 0 aromatic heterocycles. The van der Waals surface area contributed by atoms with Crippen LogP contribution in [-0.4, -0.2) is 37.4 Å². The van der Waals surface area contributed by atoms with Crippen molar-refractivity contribution in [1.29, 1.82) is 0 Å². The second-order valence-corrected chi connectivity index (χ2v) is 7.85. The molecular weight excluding hydrogens is 308 g/mol. The third-order valence-electron chi connectivity index (χ3n) is 6.78. The molecule has 0 amide bonds. The van der Waals surface area contributed by atoms with E-state index in [2.05, 4.69) is 6.92 Å². The van der Waals surface area contributed by atoms with Crippen LogP contribution >= 0.6 is 0 Å². The highest BCUT2D eigenvalue weighted by atomic mass is 16.8. The first-order valence-corrected chi connectivity index (χ1v) is 8.63. The molecule has 6 bridgehead atoms. The smallest absolute Gasteiger partial charge is 0.310 e. The number of ether oxygens (including phenoxy) is 4. The van der Waals surface area contributed by atoms with E-state index >= 15 is 0 Å². The molecule has 0 radical (unpaired) electrons. The zero-order chi connectivity index (χ0) is 16.6. The summed E-state index contributed by atoms with van der Waals surface area (Å²) < 4.78 is 23.8. The van der Waals surface area contributed by atoms with Crippen LogP contribution in [0.15, 0.2) is 30.3 Å². The third-order valence-corrected chi connectivity index (χ3v) is 6.78. The fourth-order valence-electron chi connectivity index (χ4n) is 5.70. The fraction of sp³-hybridized carbons (Fsp3) is 0.632. The van der Waals surface area contributed by atoms with Crippen molar-refractivity contribution in [2.24, 2.45) is 17.3 Å². The van der Waals surface area contributed by atoms with Crippen molar-refractivity contribution in [2.45, 2.75) is 43.9 Å². The van der Waals surface area contributed by atoms with Gasteiger partial charge in [-0.3, -0.25) is 4.79 Å². The molecule has 6 atom stereocenters. The van der Waals surface area contributed by atoms with E-state index in [1.54, 1.807) is 7.11 Å². The zero-order valence-electron chi connectivity index (χ0n) is 14.0. The van der Waals surface area contributed by atoms with Gasteiger partial charge in [0, 0.05) is 25.4 Å². The topological polar surface area (TPSA) is 54.0 Å². The van der Waals surface area contributed by atoms with Crippen molar-refractivity contribution < 1.29 is 23.7 Å². The second kappa shape index (κ2) is 4.59. The highest BCUT2D eigenvalue weighted by Crippen LogP contribution is 2.79. The van der Waals surface area contributed by atoms with Crippen molar-refractivity contribution in [1.82, 2.24) is 0 Å². The Kier molecular flexibility index (Phi) is 2.85. The molecule has 128 valence electrons. The summed E-state index contributed by atoms with van der Waals surface area (Å²) in [5.41, 5.74) is 0.518. The van der Waals surface area contributed by atoms with Crippen molar-refractivity contribution in [2.75, 3.05) is 13.7 Å². The van der Waals surface area contributed by atoms with Crippen LogP contribution in [0.3, 0.4) is 0 Å². The molecule has 24 heavy (non-hydrogen) atoms. The normalized spacial score (nSPS) is 46.8. The van der Waals surface area contributed by atoms with Gasteiger partial charge in [0.15, 0.2) is 12.1 Å². The standard InChI is InChI=1S/C19H22O5/c1-17-10-19(21-2)14-9-13(17)18(14,16(23-17)24-19)11-22-15(20)8-12-6-4-3-5-7-12/h3-7,13-14,16H,8-11H2,1-2H3. The summed E-state index contributed by atoms with van der Waals surface area (Å²) in [6, 6.07) is 9.67. The van der Waals surface area contributed by atoms with Gasteiger partial charge in [0.2, 0.25) is 0 Å². The SMILES string of the molecule is COC12CC3(C)OC(O1)C1(COC(=O)Cc4ccccc4)C3CC21. The average Bonchev–Trinajstić information content (AvgIpc) is 2.75. The van der Waals surface area contributed by atoms with Crippen LogP contribution in [-0.2, 0) is 30.2 Å². The van der Waals surface area contributed by atoms with Crippen molar-refractivity contribution >= 4 is 5.97 Å². The lowest BCUT2D eigenvalue weighted by atomic mass is 9.44. The van der Waals surface area contributed by atoms with Gasteiger partial charge in [-0.1, -0.05) is 30.3 Å². The van der Waals surface area contributed by atoms with Gasteiger partial charge in [-0.15, -0.1) is 0 Å². The first kappa shape index (κ1) is 14.9. The van der Waals surface area contributed by atoms with E-state index in [9.17, 15) is 4.79 Å². The van der Waals surface area contributed by atoms with E-state index in [4.69, 9.17) is 18.9 Å². The number of carbonyl (C=O) groups excluding carboxylic acids is 1. The molecule has 0 spiro atoms. The molecule has 5 heteroatoms. The third kappa shape index (κ3) is 1.63. The van der Waals surface area contributed by atoms with Crippen LogP contribution in [0, 0.1) is 17.3 Å². The molecule has 7 rings (SSSR count). The minimum atomic E-state index is -0.557. The lowest BCUT2D eigenvalue weighted by Gasteiger charge is -2.60. The summed E-state index contributed by atoms with van der Waals surface area (Å²) in [6.07, 6.45) is 1.77. The molecular formula is C19H22O5. The molecule has 6 aliphatic rings. The molecule has 0 N–H and O–H groups in total. The first-order chi connectivity index (χ1) is 11.5. The Hall–Kier alpha value is -1.43. The largest absolute Gasteiger partial charge is 0.465 e. The molecule has 3 heterocycles. The van der Waals surface area contributed by atoms with Gasteiger partial charge in [0.05, 0.1) is 17.4 Å². The predicted octanol–water partition coefficient (Wildman–Crippen LogP) is 2.29. The maximum Gasteiger partial charge on any atom is 0.310 e. The van der Waals surface area contributed by atoms with Crippen molar-refractivity contribution in [3.8, 4) is 0 Å². The number of carbonyl (C=O) groups is 1. The summed E-state index contributed by atoms with van der Waals surface area (Å²) in [7, 11) is 1.71.